The molecule has 54 heavy (non-hydrogen) atoms. The molecular formula is C49H40O5. The lowest BCUT2D eigenvalue weighted by atomic mass is 9.80. The lowest BCUT2D eigenvalue weighted by molar-refractivity contribution is -0.0427. The predicted octanol–water partition coefficient (Wildman–Crippen LogP) is 10.1. The van der Waals surface area contributed by atoms with Crippen LogP contribution in [0.5, 0.6) is 17.2 Å². The smallest absolute Gasteiger partial charge is 0.143 e. The number of hydrogen-bond donors (Lipinski definition) is 1. The maximum Gasteiger partial charge on any atom is 0.143 e. The summed E-state index contributed by atoms with van der Waals surface area (Å²) >= 11 is 0. The lowest BCUT2D eigenvalue weighted by Crippen LogP contribution is -2.36. The Morgan fingerprint density at radius 3 is 1.72 bits per heavy atom. The van der Waals surface area contributed by atoms with Crippen LogP contribution in [0, 0.1) is 11.8 Å². The maximum atomic E-state index is 11.2. The Morgan fingerprint density at radius 1 is 0.537 bits per heavy atom. The van der Waals surface area contributed by atoms with Gasteiger partial charge in [-0.15, -0.1) is 0 Å². The molecule has 0 spiro atoms. The van der Waals surface area contributed by atoms with Gasteiger partial charge in [0, 0.05) is 17.5 Å². The third kappa shape index (κ3) is 6.81. The van der Waals surface area contributed by atoms with Crippen LogP contribution in [0.1, 0.15) is 34.2 Å². The Balaban J connectivity index is 0.952. The number of aliphatic hydroxyl groups is 1. The van der Waals surface area contributed by atoms with E-state index in [9.17, 15) is 5.11 Å². The summed E-state index contributed by atoms with van der Waals surface area (Å²) in [5, 5.41) is 18.7. The molecule has 0 saturated carbocycles. The van der Waals surface area contributed by atoms with Gasteiger partial charge in [0.05, 0.1) is 33.5 Å². The Hall–Kier alpha value is -6.32. The summed E-state index contributed by atoms with van der Waals surface area (Å²) in [4.78, 5) is 0. The fourth-order valence-corrected chi connectivity index (χ4v) is 7.31. The van der Waals surface area contributed by atoms with E-state index in [0.29, 0.717) is 18.8 Å². The second-order valence-electron chi connectivity index (χ2n) is 13.3. The minimum atomic E-state index is -1.00. The number of ether oxygens (including phenoxy) is 4. The highest BCUT2D eigenvalue weighted by Gasteiger charge is 2.38. The summed E-state index contributed by atoms with van der Waals surface area (Å²) in [6.45, 7) is 0.398. The molecule has 0 saturated heterocycles. The van der Waals surface area contributed by atoms with E-state index in [1.807, 2.05) is 103 Å². The minimum Gasteiger partial charge on any atom is -0.497 e. The number of rotatable bonds is 12. The fraction of sp³-hybridized carbons (Fsp3) is 0.143. The summed E-state index contributed by atoms with van der Waals surface area (Å²) in [5.74, 6) is 8.97. The molecule has 5 heteroatoms. The molecule has 0 aliphatic rings. The first-order valence-corrected chi connectivity index (χ1v) is 18.1. The average Bonchev–Trinajstić information content (AvgIpc) is 3.23. The van der Waals surface area contributed by atoms with Gasteiger partial charge in [-0.05, 0) is 104 Å². The number of aliphatic hydroxyl groups excluding tert-OH is 1. The topological polar surface area (TPSA) is 57.2 Å². The molecule has 0 heterocycles. The molecule has 0 fully saturated rings. The summed E-state index contributed by atoms with van der Waals surface area (Å²) in [6, 6.07) is 53.0. The van der Waals surface area contributed by atoms with Crippen molar-refractivity contribution in [1.82, 2.24) is 0 Å². The molecular weight excluding hydrogens is 669 g/mol. The van der Waals surface area contributed by atoms with Gasteiger partial charge in [-0.2, -0.15) is 0 Å². The molecule has 0 aromatic heterocycles. The Morgan fingerprint density at radius 2 is 1.09 bits per heavy atom. The quantitative estimate of drug-likeness (QED) is 0.0778. The van der Waals surface area contributed by atoms with E-state index in [0.717, 1.165) is 39.3 Å². The SMILES string of the molecule is COc1ccc(C(OC[C@@H](O)CCOc2ccc(C#Cc3ccc4ccc5cccc6ccc3c4c56)cc2)(c2ccccc2)c2ccc(OC)cc2)cc1. The van der Waals surface area contributed by atoms with Crippen LogP contribution in [-0.4, -0.2) is 38.6 Å². The monoisotopic (exact) mass is 708 g/mol. The van der Waals surface area contributed by atoms with E-state index in [4.69, 9.17) is 18.9 Å². The molecule has 0 unspecified atom stereocenters. The van der Waals surface area contributed by atoms with Crippen molar-refractivity contribution in [2.24, 2.45) is 0 Å². The number of benzene rings is 8. The number of hydrogen-bond acceptors (Lipinski definition) is 5. The maximum absolute atomic E-state index is 11.2. The van der Waals surface area contributed by atoms with Crippen molar-refractivity contribution in [3.8, 4) is 29.1 Å². The summed E-state index contributed by atoms with van der Waals surface area (Å²) in [5.41, 5.74) is 3.65. The Labute approximate surface area is 315 Å². The zero-order valence-electron chi connectivity index (χ0n) is 30.3. The van der Waals surface area contributed by atoms with Gasteiger partial charge in [0.2, 0.25) is 0 Å². The molecule has 0 aliphatic carbocycles. The molecule has 1 N–H and O–H groups in total. The van der Waals surface area contributed by atoms with Crippen LogP contribution in [0.25, 0.3) is 32.3 Å². The summed E-state index contributed by atoms with van der Waals surface area (Å²) in [6.07, 6.45) is -0.397. The van der Waals surface area contributed by atoms with Gasteiger partial charge in [0.15, 0.2) is 0 Å². The highest BCUT2D eigenvalue weighted by atomic mass is 16.5. The van der Waals surface area contributed by atoms with Crippen molar-refractivity contribution in [2.75, 3.05) is 27.4 Å². The van der Waals surface area contributed by atoms with Crippen LogP contribution in [0.3, 0.4) is 0 Å². The first-order chi connectivity index (χ1) is 26.6. The molecule has 8 rings (SSSR count). The molecule has 0 bridgehead atoms. The third-order valence-electron chi connectivity index (χ3n) is 10.1. The molecule has 8 aromatic carbocycles. The van der Waals surface area contributed by atoms with Gasteiger partial charge in [-0.3, -0.25) is 0 Å². The molecule has 266 valence electrons. The second-order valence-corrected chi connectivity index (χ2v) is 13.3. The van der Waals surface area contributed by atoms with Gasteiger partial charge in [-0.1, -0.05) is 115 Å². The fourth-order valence-electron chi connectivity index (χ4n) is 7.31. The number of methoxy groups -OCH3 is 2. The van der Waals surface area contributed by atoms with E-state index in [2.05, 4.69) is 66.4 Å². The Kier molecular flexibility index (Phi) is 9.87. The second kappa shape index (κ2) is 15.3. The molecule has 0 amide bonds. The molecule has 5 nitrogen and oxygen atoms in total. The highest BCUT2D eigenvalue weighted by Crippen LogP contribution is 2.42. The molecule has 0 aliphatic heterocycles. The van der Waals surface area contributed by atoms with Crippen molar-refractivity contribution in [3.63, 3.8) is 0 Å². The minimum absolute atomic E-state index is 0.0773. The molecule has 0 radical (unpaired) electrons. The largest absolute Gasteiger partial charge is 0.497 e. The van der Waals surface area contributed by atoms with Gasteiger partial charge in [0.1, 0.15) is 22.8 Å². The average molecular weight is 709 g/mol. The van der Waals surface area contributed by atoms with E-state index in [1.165, 1.54) is 32.3 Å². The zero-order chi connectivity index (χ0) is 36.9. The van der Waals surface area contributed by atoms with Crippen LogP contribution in [0.2, 0.25) is 0 Å². The van der Waals surface area contributed by atoms with Gasteiger partial charge >= 0.3 is 0 Å². The van der Waals surface area contributed by atoms with Crippen molar-refractivity contribution in [1.29, 1.82) is 0 Å². The summed E-state index contributed by atoms with van der Waals surface area (Å²) in [7, 11) is 3.30. The van der Waals surface area contributed by atoms with E-state index in [-0.39, 0.29) is 6.61 Å². The van der Waals surface area contributed by atoms with Crippen LogP contribution in [0.4, 0.5) is 0 Å². The normalized spacial score (nSPS) is 12.1. The van der Waals surface area contributed by atoms with E-state index >= 15 is 0 Å². The Bertz CT molecular complexity index is 2490. The van der Waals surface area contributed by atoms with E-state index in [1.54, 1.807) is 14.2 Å². The van der Waals surface area contributed by atoms with Gasteiger partial charge < -0.3 is 24.1 Å². The van der Waals surface area contributed by atoms with Crippen LogP contribution < -0.4 is 14.2 Å². The van der Waals surface area contributed by atoms with Crippen molar-refractivity contribution in [3.05, 3.63) is 186 Å². The first-order valence-electron chi connectivity index (χ1n) is 18.1. The van der Waals surface area contributed by atoms with Crippen LogP contribution in [0.15, 0.2) is 158 Å². The van der Waals surface area contributed by atoms with Crippen LogP contribution >= 0.6 is 0 Å². The standard InChI is InChI=1S/C49H40O5/c1-51-43-26-20-40(21-27-43)49(39-9-4-3-5-10-39,41-22-28-44(52-2)29-23-41)54-33-42(50)31-32-53-45-24-12-34(13-25-45)11-14-35-15-16-38-18-17-36-7-6-8-37-19-30-46(35)48(38)47(36)37/h3-10,12-13,15-30,42,50H,31-33H2,1-2H3/t42-/m0/s1. The van der Waals surface area contributed by atoms with Crippen molar-refractivity contribution >= 4 is 32.3 Å². The highest BCUT2D eigenvalue weighted by molar-refractivity contribution is 6.23. The van der Waals surface area contributed by atoms with Gasteiger partial charge in [0.25, 0.3) is 0 Å². The summed E-state index contributed by atoms with van der Waals surface area (Å²) < 4.78 is 23.8. The van der Waals surface area contributed by atoms with Crippen molar-refractivity contribution in [2.45, 2.75) is 18.1 Å². The van der Waals surface area contributed by atoms with Crippen molar-refractivity contribution < 1.29 is 24.1 Å². The molecule has 8 aromatic rings. The molecule has 1 atom stereocenters. The first kappa shape index (κ1) is 34.7. The predicted molar refractivity (Wildman–Crippen MR) is 217 cm³/mol. The third-order valence-corrected chi connectivity index (χ3v) is 10.1. The lowest BCUT2D eigenvalue weighted by Gasteiger charge is -2.36. The zero-order valence-corrected chi connectivity index (χ0v) is 30.3. The van der Waals surface area contributed by atoms with Gasteiger partial charge in [-0.25, -0.2) is 0 Å². The van der Waals surface area contributed by atoms with Crippen LogP contribution in [-0.2, 0) is 10.3 Å². The van der Waals surface area contributed by atoms with E-state index < -0.39 is 11.7 Å².